The fourth-order valence-electron chi connectivity index (χ4n) is 1.73. The molecule has 0 saturated heterocycles. The highest BCUT2D eigenvalue weighted by atomic mass is 35.5. The highest BCUT2D eigenvalue weighted by Crippen LogP contribution is 2.49. The second-order valence-corrected chi connectivity index (χ2v) is 3.88. The molecule has 1 saturated carbocycles. The second kappa shape index (κ2) is 3.28. The van der Waals surface area contributed by atoms with Gasteiger partial charge in [0, 0.05) is 10.6 Å². The molecule has 1 nitrogen and oxygen atoms in total. The Morgan fingerprint density at radius 2 is 2.31 bits per heavy atom. The Labute approximate surface area is 81.7 Å². The highest BCUT2D eigenvalue weighted by molar-refractivity contribution is 6.31. The fraction of sp³-hybridized carbons (Fsp3) is 0.400. The molecule has 0 bridgehead atoms. The van der Waals surface area contributed by atoms with Crippen molar-refractivity contribution in [2.45, 2.75) is 12.3 Å². The second-order valence-electron chi connectivity index (χ2n) is 3.47. The summed E-state index contributed by atoms with van der Waals surface area (Å²) in [6, 6.07) is 4.81. The van der Waals surface area contributed by atoms with Crippen LogP contribution in [0.25, 0.3) is 0 Å². The van der Waals surface area contributed by atoms with Crippen molar-refractivity contribution in [2.75, 3.05) is 6.54 Å². The first-order valence-electron chi connectivity index (χ1n) is 4.38. The Morgan fingerprint density at radius 3 is 2.85 bits per heavy atom. The maximum Gasteiger partial charge on any atom is 0.128 e. The standard InChI is InChI=1S/C10H11ClFN/c11-8-2-1-3-9(12)10(8)7-4-6(7)5-13/h1-3,6-7H,4-5,13H2/t6-,7+/m1/s1. The third-order valence-electron chi connectivity index (χ3n) is 2.60. The maximum atomic E-state index is 13.3. The van der Waals surface area contributed by atoms with Crippen LogP contribution in [0.3, 0.4) is 0 Å². The minimum atomic E-state index is -0.201. The third kappa shape index (κ3) is 1.56. The monoisotopic (exact) mass is 199 g/mol. The van der Waals surface area contributed by atoms with Gasteiger partial charge in [0.15, 0.2) is 0 Å². The number of halogens is 2. The molecule has 0 heterocycles. The highest BCUT2D eigenvalue weighted by Gasteiger charge is 2.39. The molecule has 0 aromatic heterocycles. The molecule has 1 aliphatic carbocycles. The van der Waals surface area contributed by atoms with E-state index in [-0.39, 0.29) is 11.7 Å². The molecule has 0 spiro atoms. The molecular weight excluding hydrogens is 189 g/mol. The van der Waals surface area contributed by atoms with Crippen LogP contribution in [0.1, 0.15) is 17.9 Å². The molecule has 0 radical (unpaired) electrons. The number of hydrogen-bond donors (Lipinski definition) is 1. The van der Waals surface area contributed by atoms with E-state index in [2.05, 4.69) is 0 Å². The Morgan fingerprint density at radius 1 is 1.54 bits per heavy atom. The lowest BCUT2D eigenvalue weighted by atomic mass is 10.1. The van der Waals surface area contributed by atoms with Crippen molar-refractivity contribution in [1.82, 2.24) is 0 Å². The zero-order valence-electron chi connectivity index (χ0n) is 7.13. The quantitative estimate of drug-likeness (QED) is 0.779. The first kappa shape index (κ1) is 8.97. The van der Waals surface area contributed by atoms with Crippen LogP contribution in [0, 0.1) is 11.7 Å². The molecule has 2 N–H and O–H groups in total. The van der Waals surface area contributed by atoms with Crippen LogP contribution in [-0.2, 0) is 0 Å². The van der Waals surface area contributed by atoms with Gasteiger partial charge in [-0.1, -0.05) is 17.7 Å². The number of nitrogens with two attached hydrogens (primary N) is 1. The molecule has 3 heteroatoms. The van der Waals surface area contributed by atoms with E-state index in [0.29, 0.717) is 23.0 Å². The van der Waals surface area contributed by atoms with Gasteiger partial charge in [-0.3, -0.25) is 0 Å². The lowest BCUT2D eigenvalue weighted by molar-refractivity contribution is 0.606. The molecule has 0 amide bonds. The first-order valence-corrected chi connectivity index (χ1v) is 4.75. The summed E-state index contributed by atoms with van der Waals surface area (Å²) in [4.78, 5) is 0. The third-order valence-corrected chi connectivity index (χ3v) is 2.93. The molecule has 1 aromatic carbocycles. The average molecular weight is 200 g/mol. The molecule has 1 aliphatic rings. The van der Waals surface area contributed by atoms with E-state index in [9.17, 15) is 4.39 Å². The van der Waals surface area contributed by atoms with E-state index < -0.39 is 0 Å². The Bertz CT molecular complexity index is 306. The van der Waals surface area contributed by atoms with Crippen LogP contribution in [0.5, 0.6) is 0 Å². The van der Waals surface area contributed by atoms with Gasteiger partial charge in [-0.15, -0.1) is 0 Å². The number of rotatable bonds is 2. The number of hydrogen-bond acceptors (Lipinski definition) is 1. The predicted molar refractivity (Wildman–Crippen MR) is 51.3 cm³/mol. The van der Waals surface area contributed by atoms with Gasteiger partial charge < -0.3 is 5.73 Å². The normalized spacial score (nSPS) is 26.1. The van der Waals surface area contributed by atoms with Crippen molar-refractivity contribution in [2.24, 2.45) is 11.7 Å². The maximum absolute atomic E-state index is 13.3. The molecule has 0 aliphatic heterocycles. The van der Waals surface area contributed by atoms with Crippen molar-refractivity contribution in [3.63, 3.8) is 0 Å². The van der Waals surface area contributed by atoms with Crippen LogP contribution < -0.4 is 5.73 Å². The lowest BCUT2D eigenvalue weighted by Gasteiger charge is -2.03. The van der Waals surface area contributed by atoms with Gasteiger partial charge in [0.1, 0.15) is 5.82 Å². The molecule has 13 heavy (non-hydrogen) atoms. The Balaban J connectivity index is 2.30. The summed E-state index contributed by atoms with van der Waals surface area (Å²) in [5.74, 6) is 0.474. The minimum Gasteiger partial charge on any atom is -0.330 e. The van der Waals surface area contributed by atoms with E-state index in [0.717, 1.165) is 6.42 Å². The van der Waals surface area contributed by atoms with Crippen LogP contribution in [0.2, 0.25) is 5.02 Å². The van der Waals surface area contributed by atoms with Crippen LogP contribution in [-0.4, -0.2) is 6.54 Å². The summed E-state index contributed by atoms with van der Waals surface area (Å²) in [6.07, 6.45) is 0.969. The molecule has 70 valence electrons. The zero-order chi connectivity index (χ0) is 9.42. The average Bonchev–Trinajstić information content (AvgIpc) is 2.83. The van der Waals surface area contributed by atoms with E-state index in [1.807, 2.05) is 0 Å². The van der Waals surface area contributed by atoms with E-state index in [4.69, 9.17) is 17.3 Å². The minimum absolute atomic E-state index is 0.201. The van der Waals surface area contributed by atoms with E-state index in [1.165, 1.54) is 6.07 Å². The van der Waals surface area contributed by atoms with Crippen molar-refractivity contribution >= 4 is 11.6 Å². The van der Waals surface area contributed by atoms with E-state index >= 15 is 0 Å². The summed E-state index contributed by atoms with van der Waals surface area (Å²) < 4.78 is 13.3. The molecule has 2 atom stereocenters. The summed E-state index contributed by atoms with van der Waals surface area (Å²) in [6.45, 7) is 0.620. The Hall–Kier alpha value is -0.600. The SMILES string of the molecule is NC[C@H]1C[C@@H]1c1c(F)cccc1Cl. The van der Waals surface area contributed by atoms with Crippen molar-refractivity contribution in [3.8, 4) is 0 Å². The number of benzene rings is 1. The van der Waals surface area contributed by atoms with Gasteiger partial charge in [-0.05, 0) is 36.9 Å². The summed E-state index contributed by atoms with van der Waals surface area (Å²) in [7, 11) is 0. The van der Waals surface area contributed by atoms with E-state index in [1.54, 1.807) is 12.1 Å². The van der Waals surface area contributed by atoms with Crippen molar-refractivity contribution in [1.29, 1.82) is 0 Å². The predicted octanol–water partition coefficient (Wildman–Crippen LogP) is 2.54. The van der Waals surface area contributed by atoms with Gasteiger partial charge in [-0.2, -0.15) is 0 Å². The molecular formula is C10H11ClFN. The van der Waals surface area contributed by atoms with Gasteiger partial charge in [0.05, 0.1) is 0 Å². The largest absolute Gasteiger partial charge is 0.330 e. The van der Waals surface area contributed by atoms with Gasteiger partial charge in [0.25, 0.3) is 0 Å². The van der Waals surface area contributed by atoms with Crippen molar-refractivity contribution in [3.05, 3.63) is 34.6 Å². The fourth-order valence-corrected chi connectivity index (χ4v) is 2.03. The van der Waals surface area contributed by atoms with Crippen LogP contribution >= 0.6 is 11.6 Å². The van der Waals surface area contributed by atoms with Crippen LogP contribution in [0.15, 0.2) is 18.2 Å². The zero-order valence-corrected chi connectivity index (χ0v) is 7.89. The molecule has 1 aromatic rings. The Kier molecular flexibility index (Phi) is 2.26. The van der Waals surface area contributed by atoms with Crippen LogP contribution in [0.4, 0.5) is 4.39 Å². The summed E-state index contributed by atoms with van der Waals surface area (Å²) in [5, 5.41) is 0.529. The van der Waals surface area contributed by atoms with Gasteiger partial charge >= 0.3 is 0 Å². The van der Waals surface area contributed by atoms with Crippen molar-refractivity contribution < 1.29 is 4.39 Å². The van der Waals surface area contributed by atoms with Gasteiger partial charge in [-0.25, -0.2) is 4.39 Å². The summed E-state index contributed by atoms with van der Waals surface area (Å²) in [5.41, 5.74) is 6.15. The first-order chi connectivity index (χ1) is 6.24. The molecule has 1 fully saturated rings. The summed E-state index contributed by atoms with van der Waals surface area (Å²) >= 11 is 5.91. The van der Waals surface area contributed by atoms with Gasteiger partial charge in [0.2, 0.25) is 0 Å². The molecule has 0 unspecified atom stereocenters. The molecule has 2 rings (SSSR count). The topological polar surface area (TPSA) is 26.0 Å². The smallest absolute Gasteiger partial charge is 0.128 e. The lowest BCUT2D eigenvalue weighted by Crippen LogP contribution is -2.02.